The summed E-state index contributed by atoms with van der Waals surface area (Å²) >= 11 is 0. The Hall–Kier alpha value is -2.10. The molecule has 0 unspecified atom stereocenters. The van der Waals surface area contributed by atoms with Gasteiger partial charge in [-0.15, -0.1) is 0 Å². The lowest BCUT2D eigenvalue weighted by Gasteiger charge is -2.26. The van der Waals surface area contributed by atoms with Crippen LogP contribution in [0.4, 0.5) is 0 Å². The molecule has 2 amide bonds. The maximum absolute atomic E-state index is 12.7. The zero-order valence-corrected chi connectivity index (χ0v) is 14.6. The highest BCUT2D eigenvalue weighted by molar-refractivity contribution is 5.94. The summed E-state index contributed by atoms with van der Waals surface area (Å²) in [4.78, 5) is 25.8. The molecule has 0 spiro atoms. The van der Waals surface area contributed by atoms with Crippen LogP contribution in [0.25, 0.3) is 0 Å². The normalized spacial score (nSPS) is 10.7. The summed E-state index contributed by atoms with van der Waals surface area (Å²) in [6, 6.07) is 7.40. The number of carbonyl (C=O) groups excluding carboxylic acids is 2. The van der Waals surface area contributed by atoms with Crippen LogP contribution in [0.2, 0.25) is 0 Å². The molecule has 0 aliphatic carbocycles. The second-order valence-corrected chi connectivity index (χ2v) is 6.62. The Morgan fingerprint density at radius 1 is 1.09 bits per heavy atom. The summed E-state index contributed by atoms with van der Waals surface area (Å²) in [7, 11) is 0. The van der Waals surface area contributed by atoms with E-state index >= 15 is 0 Å². The van der Waals surface area contributed by atoms with Crippen LogP contribution in [-0.2, 0) is 11.3 Å². The van der Waals surface area contributed by atoms with Gasteiger partial charge in [0, 0.05) is 25.2 Å². The van der Waals surface area contributed by atoms with Gasteiger partial charge in [0.25, 0.3) is 5.91 Å². The summed E-state index contributed by atoms with van der Waals surface area (Å²) in [6.07, 6.45) is 1.24. The van der Waals surface area contributed by atoms with E-state index in [9.17, 15) is 9.59 Å². The molecule has 0 saturated heterocycles. The van der Waals surface area contributed by atoms with Gasteiger partial charge in [-0.3, -0.25) is 9.59 Å². The van der Waals surface area contributed by atoms with Crippen molar-refractivity contribution in [1.29, 1.82) is 0 Å². The predicted molar refractivity (Wildman–Crippen MR) is 94.1 cm³/mol. The van der Waals surface area contributed by atoms with E-state index in [1.807, 2.05) is 29.2 Å². The van der Waals surface area contributed by atoms with E-state index in [4.69, 9.17) is 0 Å². The Kier molecular flexibility index (Phi) is 7.52. The molecule has 0 heterocycles. The van der Waals surface area contributed by atoms with Crippen LogP contribution in [0, 0.1) is 11.8 Å². The molecule has 0 saturated carbocycles. The minimum Gasteiger partial charge on any atom is -0.348 e. The minimum atomic E-state index is -0.204. The highest BCUT2D eigenvalue weighted by Gasteiger charge is 2.17. The summed E-state index contributed by atoms with van der Waals surface area (Å²) in [5.74, 6) is 0.733. The molecule has 0 aliphatic heterocycles. The average molecular weight is 316 g/mol. The molecule has 4 nitrogen and oxygen atoms in total. The Morgan fingerprint density at radius 2 is 1.61 bits per heavy atom. The van der Waals surface area contributed by atoms with E-state index in [1.165, 1.54) is 6.08 Å². The number of hydrogen-bond acceptors (Lipinski definition) is 2. The maximum Gasteiger partial charge on any atom is 0.253 e. The third-order valence-electron chi connectivity index (χ3n) is 3.31. The summed E-state index contributed by atoms with van der Waals surface area (Å²) in [5, 5.41) is 2.72. The lowest BCUT2D eigenvalue weighted by atomic mass is 10.1. The van der Waals surface area contributed by atoms with Crippen LogP contribution in [0.3, 0.4) is 0 Å². The molecule has 1 N–H and O–H groups in total. The van der Waals surface area contributed by atoms with E-state index in [1.54, 1.807) is 0 Å². The largest absolute Gasteiger partial charge is 0.348 e. The molecule has 126 valence electrons. The number of rotatable bonds is 8. The average Bonchev–Trinajstić information content (AvgIpc) is 2.50. The van der Waals surface area contributed by atoms with Gasteiger partial charge in [-0.2, -0.15) is 0 Å². The molecule has 0 bridgehead atoms. The van der Waals surface area contributed by atoms with Crippen molar-refractivity contribution < 1.29 is 9.59 Å². The van der Waals surface area contributed by atoms with Crippen molar-refractivity contribution in [2.24, 2.45) is 11.8 Å². The smallest absolute Gasteiger partial charge is 0.253 e. The Bertz CT molecular complexity index is 523. The van der Waals surface area contributed by atoms with Gasteiger partial charge in [-0.05, 0) is 35.6 Å². The van der Waals surface area contributed by atoms with E-state index in [0.29, 0.717) is 23.9 Å². The van der Waals surface area contributed by atoms with Gasteiger partial charge in [-0.1, -0.05) is 46.4 Å². The first-order valence-electron chi connectivity index (χ1n) is 8.12. The highest BCUT2D eigenvalue weighted by atomic mass is 16.2. The third kappa shape index (κ3) is 6.68. The van der Waals surface area contributed by atoms with E-state index in [0.717, 1.165) is 18.7 Å². The third-order valence-corrected chi connectivity index (χ3v) is 3.31. The summed E-state index contributed by atoms with van der Waals surface area (Å²) in [6.45, 7) is 13.8. The SMILES string of the molecule is C=CC(=O)NCc1ccc(C(=O)N(CC(C)C)CC(C)C)cc1. The quantitative estimate of drug-likeness (QED) is 0.749. The van der Waals surface area contributed by atoms with Gasteiger partial charge in [-0.25, -0.2) is 0 Å². The number of carbonyl (C=O) groups is 2. The number of nitrogens with zero attached hydrogens (tertiary/aromatic N) is 1. The Balaban J connectivity index is 2.77. The molecular weight excluding hydrogens is 288 g/mol. The fraction of sp³-hybridized carbons (Fsp3) is 0.474. The van der Waals surface area contributed by atoms with Gasteiger partial charge < -0.3 is 10.2 Å². The molecule has 0 atom stereocenters. The standard InChI is InChI=1S/C19H28N2O2/c1-6-18(22)20-11-16-7-9-17(10-8-16)19(23)21(12-14(2)3)13-15(4)5/h6-10,14-15H,1,11-13H2,2-5H3,(H,20,22). The van der Waals surface area contributed by atoms with E-state index < -0.39 is 0 Å². The second kappa shape index (κ2) is 9.13. The number of benzene rings is 1. The molecule has 1 aromatic rings. The molecule has 1 rings (SSSR count). The van der Waals surface area contributed by atoms with Crippen molar-refractivity contribution >= 4 is 11.8 Å². The van der Waals surface area contributed by atoms with Crippen LogP contribution >= 0.6 is 0 Å². The highest BCUT2D eigenvalue weighted by Crippen LogP contribution is 2.12. The van der Waals surface area contributed by atoms with Crippen LogP contribution in [0.5, 0.6) is 0 Å². The molecule has 0 radical (unpaired) electrons. The first-order chi connectivity index (χ1) is 10.8. The molecule has 23 heavy (non-hydrogen) atoms. The predicted octanol–water partition coefficient (Wildman–Crippen LogP) is 3.24. The second-order valence-electron chi connectivity index (χ2n) is 6.62. The van der Waals surface area contributed by atoms with E-state index in [2.05, 4.69) is 39.6 Å². The fourth-order valence-electron chi connectivity index (χ4n) is 2.33. The maximum atomic E-state index is 12.7. The molecular formula is C19H28N2O2. The van der Waals surface area contributed by atoms with E-state index in [-0.39, 0.29) is 11.8 Å². The first kappa shape index (κ1) is 18.9. The van der Waals surface area contributed by atoms with Gasteiger partial charge >= 0.3 is 0 Å². The van der Waals surface area contributed by atoms with Crippen LogP contribution in [0.15, 0.2) is 36.9 Å². The van der Waals surface area contributed by atoms with Gasteiger partial charge in [0.2, 0.25) is 5.91 Å². The van der Waals surface area contributed by atoms with Crippen molar-refractivity contribution in [2.45, 2.75) is 34.2 Å². The Labute approximate surface area is 139 Å². The topological polar surface area (TPSA) is 49.4 Å². The van der Waals surface area contributed by atoms with Crippen molar-refractivity contribution in [3.05, 3.63) is 48.0 Å². The molecule has 1 aromatic carbocycles. The molecule has 0 fully saturated rings. The van der Waals surface area contributed by atoms with Crippen molar-refractivity contribution in [3.63, 3.8) is 0 Å². The fourth-order valence-corrected chi connectivity index (χ4v) is 2.33. The van der Waals surface area contributed by atoms with Crippen LogP contribution in [0.1, 0.15) is 43.6 Å². The summed E-state index contributed by atoms with van der Waals surface area (Å²) in [5.41, 5.74) is 1.64. The molecule has 4 heteroatoms. The number of nitrogens with one attached hydrogen (secondary N) is 1. The Morgan fingerprint density at radius 3 is 2.04 bits per heavy atom. The monoisotopic (exact) mass is 316 g/mol. The van der Waals surface area contributed by atoms with Crippen molar-refractivity contribution in [2.75, 3.05) is 13.1 Å². The molecule has 0 aromatic heterocycles. The zero-order chi connectivity index (χ0) is 17.4. The van der Waals surface area contributed by atoms with Gasteiger partial charge in [0.1, 0.15) is 0 Å². The summed E-state index contributed by atoms with van der Waals surface area (Å²) < 4.78 is 0. The van der Waals surface area contributed by atoms with Gasteiger partial charge in [0.15, 0.2) is 0 Å². The van der Waals surface area contributed by atoms with Crippen LogP contribution < -0.4 is 5.32 Å². The number of hydrogen-bond donors (Lipinski definition) is 1. The zero-order valence-electron chi connectivity index (χ0n) is 14.6. The minimum absolute atomic E-state index is 0.0640. The lowest BCUT2D eigenvalue weighted by molar-refractivity contribution is -0.116. The van der Waals surface area contributed by atoms with Crippen molar-refractivity contribution in [3.8, 4) is 0 Å². The number of amides is 2. The molecule has 0 aliphatic rings. The lowest BCUT2D eigenvalue weighted by Crippen LogP contribution is -2.37. The van der Waals surface area contributed by atoms with Gasteiger partial charge in [0.05, 0.1) is 0 Å². The van der Waals surface area contributed by atoms with Crippen LogP contribution in [-0.4, -0.2) is 29.8 Å². The van der Waals surface area contributed by atoms with Crippen molar-refractivity contribution in [1.82, 2.24) is 10.2 Å². The first-order valence-corrected chi connectivity index (χ1v) is 8.12.